The van der Waals surface area contributed by atoms with E-state index in [1.54, 1.807) is 0 Å². The summed E-state index contributed by atoms with van der Waals surface area (Å²) >= 11 is 1.86. The molecule has 1 N–H and O–H groups in total. The Bertz CT molecular complexity index is 690. The highest BCUT2D eigenvalue weighted by atomic mass is 32.1. The summed E-state index contributed by atoms with van der Waals surface area (Å²) in [7, 11) is 0. The summed E-state index contributed by atoms with van der Waals surface area (Å²) in [6.07, 6.45) is 6.02. The SMILES string of the molecule is CC1(c2cccc(CNCc3cnc(C4CCC4)s3)c2)OCCO1. The van der Waals surface area contributed by atoms with Crippen molar-refractivity contribution in [2.24, 2.45) is 0 Å². The first-order valence-corrected chi connectivity index (χ1v) is 9.57. The Morgan fingerprint density at radius 2 is 2.08 bits per heavy atom. The van der Waals surface area contributed by atoms with Gasteiger partial charge >= 0.3 is 0 Å². The van der Waals surface area contributed by atoms with Gasteiger partial charge in [0.25, 0.3) is 0 Å². The van der Waals surface area contributed by atoms with Crippen LogP contribution in [0.3, 0.4) is 0 Å². The summed E-state index contributed by atoms with van der Waals surface area (Å²) in [6.45, 7) is 5.02. The molecule has 2 aromatic rings. The van der Waals surface area contributed by atoms with Crippen molar-refractivity contribution in [3.05, 3.63) is 51.5 Å². The quantitative estimate of drug-likeness (QED) is 0.862. The van der Waals surface area contributed by atoms with Gasteiger partial charge in [0.2, 0.25) is 0 Å². The van der Waals surface area contributed by atoms with Gasteiger partial charge in [-0.15, -0.1) is 11.3 Å². The van der Waals surface area contributed by atoms with E-state index >= 15 is 0 Å². The highest BCUT2D eigenvalue weighted by Crippen LogP contribution is 2.38. The number of nitrogens with zero attached hydrogens (tertiary/aromatic N) is 1. The van der Waals surface area contributed by atoms with E-state index in [9.17, 15) is 0 Å². The number of hydrogen-bond donors (Lipinski definition) is 1. The number of aromatic nitrogens is 1. The van der Waals surface area contributed by atoms with Crippen molar-refractivity contribution in [2.75, 3.05) is 13.2 Å². The number of benzene rings is 1. The van der Waals surface area contributed by atoms with Crippen molar-refractivity contribution in [1.29, 1.82) is 0 Å². The van der Waals surface area contributed by atoms with Crippen LogP contribution < -0.4 is 5.32 Å². The monoisotopic (exact) mass is 344 g/mol. The van der Waals surface area contributed by atoms with Gasteiger partial charge in [-0.3, -0.25) is 0 Å². The molecule has 2 aliphatic rings. The number of hydrogen-bond acceptors (Lipinski definition) is 5. The van der Waals surface area contributed by atoms with Crippen molar-refractivity contribution in [2.45, 2.75) is 51.0 Å². The van der Waals surface area contributed by atoms with Gasteiger partial charge in [-0.25, -0.2) is 4.98 Å². The van der Waals surface area contributed by atoms with E-state index in [0.717, 1.165) is 24.6 Å². The summed E-state index contributed by atoms with van der Waals surface area (Å²) in [6, 6.07) is 8.46. The van der Waals surface area contributed by atoms with Crippen molar-refractivity contribution in [3.63, 3.8) is 0 Å². The minimum Gasteiger partial charge on any atom is -0.344 e. The lowest BCUT2D eigenvalue weighted by Gasteiger charge is -2.23. The second-order valence-electron chi connectivity index (χ2n) is 6.74. The summed E-state index contributed by atoms with van der Waals surface area (Å²) < 4.78 is 11.5. The zero-order chi connectivity index (χ0) is 16.4. The van der Waals surface area contributed by atoms with Crippen molar-refractivity contribution >= 4 is 11.3 Å². The first-order chi connectivity index (χ1) is 11.7. The number of nitrogens with one attached hydrogen (secondary N) is 1. The second-order valence-corrected chi connectivity index (χ2v) is 7.89. The van der Waals surface area contributed by atoms with Crippen LogP contribution in [0.1, 0.15) is 53.1 Å². The molecule has 0 amide bonds. The van der Waals surface area contributed by atoms with Crippen molar-refractivity contribution in [3.8, 4) is 0 Å². The van der Waals surface area contributed by atoms with Gasteiger partial charge in [-0.2, -0.15) is 0 Å². The van der Waals surface area contributed by atoms with E-state index in [0.29, 0.717) is 13.2 Å². The standard InChI is InChI=1S/C19H24N2O2S/c1-19(22-8-9-23-19)16-7-2-4-14(10-16)11-20-12-17-13-21-18(24-17)15-5-3-6-15/h2,4,7,10,13,15,20H,3,5-6,8-9,11-12H2,1H3. The van der Waals surface area contributed by atoms with Gasteiger partial charge < -0.3 is 14.8 Å². The van der Waals surface area contributed by atoms with Crippen LogP contribution in [0.5, 0.6) is 0 Å². The molecule has 24 heavy (non-hydrogen) atoms. The molecule has 0 bridgehead atoms. The molecule has 1 aromatic carbocycles. The highest BCUT2D eigenvalue weighted by Gasteiger charge is 2.33. The van der Waals surface area contributed by atoms with Crippen LogP contribution in [0, 0.1) is 0 Å². The molecule has 0 unspecified atom stereocenters. The normalized spacial score (nSPS) is 20.2. The lowest BCUT2D eigenvalue weighted by atomic mass is 9.86. The number of rotatable bonds is 6. The molecule has 5 heteroatoms. The van der Waals surface area contributed by atoms with Gasteiger partial charge in [0.05, 0.1) is 18.2 Å². The molecule has 4 rings (SSSR count). The van der Waals surface area contributed by atoms with Gasteiger partial charge in [-0.05, 0) is 31.4 Å². The minimum atomic E-state index is -0.592. The van der Waals surface area contributed by atoms with E-state index in [1.165, 1.54) is 34.7 Å². The van der Waals surface area contributed by atoms with E-state index < -0.39 is 5.79 Å². The number of thiazole rings is 1. The molecule has 1 saturated carbocycles. The zero-order valence-corrected chi connectivity index (χ0v) is 14.9. The molecule has 2 heterocycles. The molecular weight excluding hydrogens is 320 g/mol. The first-order valence-electron chi connectivity index (χ1n) is 8.76. The lowest BCUT2D eigenvalue weighted by molar-refractivity contribution is -0.149. The van der Waals surface area contributed by atoms with Crippen molar-refractivity contribution in [1.82, 2.24) is 10.3 Å². The predicted molar refractivity (Wildman–Crippen MR) is 94.9 cm³/mol. The average Bonchev–Trinajstić information content (AvgIpc) is 3.17. The average molecular weight is 344 g/mol. The highest BCUT2D eigenvalue weighted by molar-refractivity contribution is 7.11. The largest absolute Gasteiger partial charge is 0.344 e. The Hall–Kier alpha value is -1.27. The third kappa shape index (κ3) is 3.40. The van der Waals surface area contributed by atoms with Crippen LogP contribution in [0.15, 0.2) is 30.5 Å². The van der Waals surface area contributed by atoms with Crippen LogP contribution in [-0.4, -0.2) is 18.2 Å². The second kappa shape index (κ2) is 6.92. The molecule has 0 radical (unpaired) electrons. The molecular formula is C19H24N2O2S. The maximum absolute atomic E-state index is 5.75. The molecule has 2 fully saturated rings. The van der Waals surface area contributed by atoms with Crippen LogP contribution >= 0.6 is 11.3 Å². The van der Waals surface area contributed by atoms with Crippen molar-refractivity contribution < 1.29 is 9.47 Å². The first kappa shape index (κ1) is 16.2. The van der Waals surface area contributed by atoms with E-state index in [1.807, 2.05) is 24.5 Å². The lowest BCUT2D eigenvalue weighted by Crippen LogP contribution is -2.22. The Kier molecular flexibility index (Phi) is 4.68. The molecule has 1 aliphatic heterocycles. The van der Waals surface area contributed by atoms with E-state index in [4.69, 9.17) is 9.47 Å². The van der Waals surface area contributed by atoms with Crippen LogP contribution in [0.2, 0.25) is 0 Å². The Morgan fingerprint density at radius 3 is 2.83 bits per heavy atom. The Balaban J connectivity index is 1.33. The molecule has 1 aromatic heterocycles. The fourth-order valence-electron chi connectivity index (χ4n) is 3.22. The third-order valence-electron chi connectivity index (χ3n) is 4.94. The minimum absolute atomic E-state index is 0.592. The summed E-state index contributed by atoms with van der Waals surface area (Å²) in [5, 5.41) is 4.85. The van der Waals surface area contributed by atoms with E-state index in [2.05, 4.69) is 34.6 Å². The van der Waals surface area contributed by atoms with E-state index in [-0.39, 0.29) is 0 Å². The molecule has 0 spiro atoms. The fraction of sp³-hybridized carbons (Fsp3) is 0.526. The van der Waals surface area contributed by atoms with Gasteiger partial charge in [0.15, 0.2) is 5.79 Å². The maximum Gasteiger partial charge on any atom is 0.192 e. The molecule has 0 atom stereocenters. The number of ether oxygens (including phenoxy) is 2. The van der Waals surface area contributed by atoms with Gasteiger partial charge in [0.1, 0.15) is 0 Å². The Labute approximate surface area is 147 Å². The molecule has 4 nitrogen and oxygen atoms in total. The fourth-order valence-corrected chi connectivity index (χ4v) is 4.28. The smallest absolute Gasteiger partial charge is 0.192 e. The van der Waals surface area contributed by atoms with Gasteiger partial charge in [-0.1, -0.05) is 24.6 Å². The Morgan fingerprint density at radius 1 is 1.25 bits per heavy atom. The summed E-state index contributed by atoms with van der Waals surface area (Å²) in [5.41, 5.74) is 2.33. The van der Waals surface area contributed by atoms with Crippen LogP contribution in [-0.2, 0) is 28.4 Å². The van der Waals surface area contributed by atoms with Gasteiger partial charge in [0, 0.05) is 35.6 Å². The zero-order valence-electron chi connectivity index (χ0n) is 14.1. The third-order valence-corrected chi connectivity index (χ3v) is 6.10. The summed E-state index contributed by atoms with van der Waals surface area (Å²) in [4.78, 5) is 5.91. The predicted octanol–water partition coefficient (Wildman–Crippen LogP) is 3.92. The molecule has 1 aliphatic carbocycles. The van der Waals surface area contributed by atoms with Crippen LogP contribution in [0.25, 0.3) is 0 Å². The summed E-state index contributed by atoms with van der Waals surface area (Å²) in [5.74, 6) is 0.137. The molecule has 1 saturated heterocycles. The topological polar surface area (TPSA) is 43.4 Å². The van der Waals surface area contributed by atoms with Crippen LogP contribution in [0.4, 0.5) is 0 Å². The maximum atomic E-state index is 5.75. The molecule has 128 valence electrons.